The molecule has 33 heavy (non-hydrogen) atoms. The third-order valence-corrected chi connectivity index (χ3v) is 7.24. The average molecular weight is 467 g/mol. The van der Waals surface area contributed by atoms with E-state index in [0.717, 1.165) is 56.1 Å². The number of ether oxygens (including phenoxy) is 1. The zero-order valence-corrected chi connectivity index (χ0v) is 19.9. The topological polar surface area (TPSA) is 66.0 Å². The molecule has 0 saturated carbocycles. The number of piperidine rings is 1. The van der Waals surface area contributed by atoms with Gasteiger partial charge in [0, 0.05) is 75.7 Å². The van der Waals surface area contributed by atoms with Crippen molar-refractivity contribution in [3.8, 4) is 11.8 Å². The van der Waals surface area contributed by atoms with E-state index in [1.807, 2.05) is 45.5 Å². The zero-order valence-electron chi connectivity index (χ0n) is 19.0. The van der Waals surface area contributed by atoms with Gasteiger partial charge < -0.3 is 14.5 Å². The molecule has 3 heterocycles. The molecule has 174 valence electrons. The molecule has 0 atom stereocenters. The lowest BCUT2D eigenvalue weighted by molar-refractivity contribution is -0.126. The van der Waals surface area contributed by atoms with E-state index < -0.39 is 0 Å². The quantitative estimate of drug-likeness (QED) is 0.633. The van der Waals surface area contributed by atoms with Crippen LogP contribution in [0.5, 0.6) is 0 Å². The number of rotatable bonds is 5. The van der Waals surface area contributed by atoms with E-state index in [9.17, 15) is 9.59 Å². The monoisotopic (exact) mass is 466 g/mol. The Morgan fingerprint density at radius 1 is 1.06 bits per heavy atom. The Morgan fingerprint density at radius 3 is 2.48 bits per heavy atom. The van der Waals surface area contributed by atoms with Gasteiger partial charge in [-0.15, -0.1) is 11.3 Å². The van der Waals surface area contributed by atoms with Crippen molar-refractivity contribution in [3.05, 3.63) is 52.0 Å². The van der Waals surface area contributed by atoms with Crippen LogP contribution in [0, 0.1) is 11.8 Å². The molecule has 2 aliphatic heterocycles. The highest BCUT2D eigenvalue weighted by Crippen LogP contribution is 2.30. The number of hydrogen-bond donors (Lipinski definition) is 0. The molecule has 0 unspecified atom stereocenters. The first kappa shape index (κ1) is 23.4. The molecule has 4 rings (SSSR count). The Kier molecular flexibility index (Phi) is 8.10. The Bertz CT molecular complexity index is 997. The number of benzene rings is 1. The fourth-order valence-corrected chi connectivity index (χ4v) is 5.15. The summed E-state index contributed by atoms with van der Waals surface area (Å²) in [6, 6.07) is 9.55. The smallest absolute Gasteiger partial charge is 0.298 e. The van der Waals surface area contributed by atoms with Gasteiger partial charge in [-0.2, -0.15) is 0 Å². The summed E-state index contributed by atoms with van der Waals surface area (Å²) in [5.41, 5.74) is 1.39. The zero-order chi connectivity index (χ0) is 23.0. The maximum absolute atomic E-state index is 12.9. The normalized spacial score (nSPS) is 17.5. The third kappa shape index (κ3) is 6.20. The molecule has 0 N–H and O–H groups in total. The maximum Gasteiger partial charge on any atom is 0.298 e. The number of amides is 2. The lowest BCUT2D eigenvalue weighted by Gasteiger charge is -2.34. The number of piperazine rings is 1. The highest BCUT2D eigenvalue weighted by molar-refractivity contribution is 7.09. The molecule has 2 aromatic rings. The van der Waals surface area contributed by atoms with Crippen LogP contribution < -0.4 is 0 Å². The molecule has 2 amide bonds. The Balaban J connectivity index is 1.26. The molecular weight excluding hydrogens is 436 g/mol. The maximum atomic E-state index is 12.9. The van der Waals surface area contributed by atoms with Crippen LogP contribution in [0.1, 0.15) is 39.8 Å². The van der Waals surface area contributed by atoms with Crippen LogP contribution in [0.4, 0.5) is 0 Å². The van der Waals surface area contributed by atoms with Crippen molar-refractivity contribution in [2.24, 2.45) is 0 Å². The molecule has 0 radical (unpaired) electrons. The van der Waals surface area contributed by atoms with Crippen LogP contribution in [0.2, 0.25) is 0 Å². The first-order valence-electron chi connectivity index (χ1n) is 11.5. The number of thiazole rings is 1. The van der Waals surface area contributed by atoms with Crippen LogP contribution in [0.3, 0.4) is 0 Å². The third-order valence-electron chi connectivity index (χ3n) is 6.23. The van der Waals surface area contributed by atoms with Gasteiger partial charge in [0.2, 0.25) is 0 Å². The molecule has 0 aliphatic carbocycles. The van der Waals surface area contributed by atoms with E-state index in [0.29, 0.717) is 25.4 Å². The highest BCUT2D eigenvalue weighted by atomic mass is 32.1. The van der Waals surface area contributed by atoms with Crippen LogP contribution in [-0.4, -0.2) is 91.0 Å². The summed E-state index contributed by atoms with van der Waals surface area (Å²) in [5, 5.41) is 2.89. The Morgan fingerprint density at radius 2 is 1.79 bits per heavy atom. The lowest BCUT2D eigenvalue weighted by Crippen LogP contribution is -2.49. The average Bonchev–Trinajstić information content (AvgIpc) is 3.37. The van der Waals surface area contributed by atoms with E-state index in [-0.39, 0.29) is 17.7 Å². The second-order valence-corrected chi connectivity index (χ2v) is 9.27. The van der Waals surface area contributed by atoms with Crippen molar-refractivity contribution in [2.75, 3.05) is 59.5 Å². The van der Waals surface area contributed by atoms with Gasteiger partial charge in [0.25, 0.3) is 11.8 Å². The number of carbonyl (C=O) groups is 2. The van der Waals surface area contributed by atoms with E-state index in [4.69, 9.17) is 4.74 Å². The first-order chi connectivity index (χ1) is 16.1. The molecular formula is C25H30N4O3S. The van der Waals surface area contributed by atoms with Crippen molar-refractivity contribution in [1.82, 2.24) is 19.7 Å². The van der Waals surface area contributed by atoms with Gasteiger partial charge >= 0.3 is 0 Å². The SMILES string of the molecule is COCCN1CCN(C(=O)c2csc(C3CCN(C(=O)C#Cc4ccccc4)CC3)n2)CC1. The van der Waals surface area contributed by atoms with E-state index in [1.165, 1.54) is 0 Å². The summed E-state index contributed by atoms with van der Waals surface area (Å²) in [6.07, 6.45) is 1.69. The number of hydrogen-bond acceptors (Lipinski definition) is 6. The van der Waals surface area contributed by atoms with Crippen molar-refractivity contribution in [1.29, 1.82) is 0 Å². The summed E-state index contributed by atoms with van der Waals surface area (Å²) < 4.78 is 5.14. The summed E-state index contributed by atoms with van der Waals surface area (Å²) in [5.74, 6) is 5.88. The molecule has 8 heteroatoms. The van der Waals surface area contributed by atoms with Crippen molar-refractivity contribution in [2.45, 2.75) is 18.8 Å². The van der Waals surface area contributed by atoms with Gasteiger partial charge in [-0.3, -0.25) is 14.5 Å². The molecule has 0 spiro atoms. The first-order valence-corrected chi connectivity index (χ1v) is 12.3. The minimum atomic E-state index is -0.128. The van der Waals surface area contributed by atoms with Crippen LogP contribution in [0.15, 0.2) is 35.7 Å². The fourth-order valence-electron chi connectivity index (χ4n) is 4.19. The van der Waals surface area contributed by atoms with Gasteiger partial charge in [-0.1, -0.05) is 24.1 Å². The Hall–Kier alpha value is -2.73. The van der Waals surface area contributed by atoms with Gasteiger partial charge in [0.15, 0.2) is 0 Å². The van der Waals surface area contributed by atoms with Crippen molar-refractivity contribution < 1.29 is 14.3 Å². The van der Waals surface area contributed by atoms with Crippen LogP contribution in [0.25, 0.3) is 0 Å². The number of nitrogens with zero attached hydrogens (tertiary/aromatic N) is 4. The second kappa shape index (κ2) is 11.4. The predicted octanol–water partition coefficient (Wildman–Crippen LogP) is 2.30. The lowest BCUT2D eigenvalue weighted by atomic mass is 9.97. The Labute approximate surface area is 199 Å². The van der Waals surface area contributed by atoms with Crippen LogP contribution in [-0.2, 0) is 9.53 Å². The molecule has 1 aromatic heterocycles. The van der Waals surface area contributed by atoms with Crippen molar-refractivity contribution >= 4 is 23.2 Å². The molecule has 2 saturated heterocycles. The minimum absolute atomic E-state index is 0.0210. The molecule has 1 aromatic carbocycles. The van der Waals surface area contributed by atoms with Gasteiger partial charge in [-0.05, 0) is 25.0 Å². The molecule has 7 nitrogen and oxygen atoms in total. The fraction of sp³-hybridized carbons (Fsp3) is 0.480. The summed E-state index contributed by atoms with van der Waals surface area (Å²) in [6.45, 7) is 6.13. The van der Waals surface area contributed by atoms with Gasteiger partial charge in [-0.25, -0.2) is 4.98 Å². The highest BCUT2D eigenvalue weighted by Gasteiger charge is 2.28. The second-order valence-electron chi connectivity index (χ2n) is 8.38. The number of carbonyl (C=O) groups excluding carboxylic acids is 2. The number of methoxy groups -OCH3 is 1. The van der Waals surface area contributed by atoms with Gasteiger partial charge in [0.05, 0.1) is 11.6 Å². The standard InChI is InChI=1S/C25H30N4O3S/c1-32-18-17-27-13-15-29(16-14-27)25(31)22-19-33-24(26-22)21-9-11-28(12-10-21)23(30)8-7-20-5-3-2-4-6-20/h2-6,19,21H,9-18H2,1H3. The molecule has 2 aliphatic rings. The van der Waals surface area contributed by atoms with Crippen molar-refractivity contribution in [3.63, 3.8) is 0 Å². The van der Waals surface area contributed by atoms with E-state index in [1.54, 1.807) is 18.4 Å². The predicted molar refractivity (Wildman–Crippen MR) is 128 cm³/mol. The van der Waals surface area contributed by atoms with Crippen LogP contribution >= 0.6 is 11.3 Å². The minimum Gasteiger partial charge on any atom is -0.383 e. The molecule has 2 fully saturated rings. The van der Waals surface area contributed by atoms with E-state index >= 15 is 0 Å². The summed E-state index contributed by atoms with van der Waals surface area (Å²) in [7, 11) is 1.71. The molecule has 0 bridgehead atoms. The largest absolute Gasteiger partial charge is 0.383 e. The summed E-state index contributed by atoms with van der Waals surface area (Å²) in [4.78, 5) is 36.1. The number of likely N-dealkylation sites (tertiary alicyclic amines) is 1. The van der Waals surface area contributed by atoms with E-state index in [2.05, 4.69) is 21.7 Å². The van der Waals surface area contributed by atoms with Gasteiger partial charge in [0.1, 0.15) is 5.69 Å². The number of aromatic nitrogens is 1. The summed E-state index contributed by atoms with van der Waals surface area (Å²) >= 11 is 1.56.